The van der Waals surface area contributed by atoms with Gasteiger partial charge in [0.05, 0.1) is 38.3 Å². The first-order valence-corrected chi connectivity index (χ1v) is 15.3. The highest BCUT2D eigenvalue weighted by Crippen LogP contribution is 2.45. The van der Waals surface area contributed by atoms with Crippen molar-refractivity contribution in [3.63, 3.8) is 0 Å². The fourth-order valence-corrected chi connectivity index (χ4v) is 8.09. The molecule has 13 nitrogen and oxygen atoms in total. The molecule has 0 saturated carbocycles. The van der Waals surface area contributed by atoms with Crippen molar-refractivity contribution < 1.29 is 44.1 Å². The van der Waals surface area contributed by atoms with Gasteiger partial charge in [-0.1, -0.05) is 10.3 Å². The number of methoxy groups -OCH3 is 2. The third-order valence-electron chi connectivity index (χ3n) is 6.75. The van der Waals surface area contributed by atoms with Gasteiger partial charge in [-0.2, -0.15) is 0 Å². The summed E-state index contributed by atoms with van der Waals surface area (Å²) in [5.41, 5.74) is -2.46. The van der Waals surface area contributed by atoms with Gasteiger partial charge in [-0.25, -0.2) is 0 Å². The molecule has 2 heterocycles. The van der Waals surface area contributed by atoms with Crippen LogP contribution in [0.4, 0.5) is 0 Å². The number of rotatable bonds is 9. The van der Waals surface area contributed by atoms with Gasteiger partial charge in [0.1, 0.15) is 35.1 Å². The Kier molecular flexibility index (Phi) is 10.1. The van der Waals surface area contributed by atoms with Gasteiger partial charge in [0.15, 0.2) is 11.2 Å². The maximum Gasteiger partial charge on any atom is 0.269 e. The number of allylic oxidation sites excluding steroid dienone is 2. The lowest BCUT2D eigenvalue weighted by Gasteiger charge is -2.33. The summed E-state index contributed by atoms with van der Waals surface area (Å²) in [6, 6.07) is 0. The first-order chi connectivity index (χ1) is 19.4. The molecule has 2 amide bonds. The molecule has 0 saturated heterocycles. The Morgan fingerprint density at radius 3 is 1.80 bits per heavy atom. The fraction of sp³-hybridized carbons (Fsp3) is 0.500. The van der Waals surface area contributed by atoms with Crippen molar-refractivity contribution in [2.75, 3.05) is 27.3 Å². The van der Waals surface area contributed by atoms with Crippen molar-refractivity contribution in [3.05, 3.63) is 41.6 Å². The molecule has 4 aliphatic rings. The van der Waals surface area contributed by atoms with E-state index < -0.39 is 41.3 Å². The number of ether oxygens (including phenoxy) is 2. The van der Waals surface area contributed by atoms with Gasteiger partial charge >= 0.3 is 0 Å². The summed E-state index contributed by atoms with van der Waals surface area (Å²) < 4.78 is 12.3. The van der Waals surface area contributed by atoms with Crippen molar-refractivity contribution in [2.45, 2.75) is 48.8 Å². The zero-order valence-corrected chi connectivity index (χ0v) is 28.0. The van der Waals surface area contributed by atoms with Crippen LogP contribution in [0.25, 0.3) is 0 Å². The minimum absolute atomic E-state index is 0.00504. The molecule has 0 aromatic carbocycles. The molecule has 0 unspecified atom stereocenters. The van der Waals surface area contributed by atoms with Crippen molar-refractivity contribution >= 4 is 87.0 Å². The van der Waals surface area contributed by atoms with Gasteiger partial charge in [-0.05, 0) is 82.3 Å². The second-order valence-electron chi connectivity index (χ2n) is 9.48. The predicted octanol–water partition coefficient (Wildman–Crippen LogP) is 1.81. The highest BCUT2D eigenvalue weighted by molar-refractivity contribution is 9.12. The van der Waals surface area contributed by atoms with Crippen LogP contribution in [0.2, 0.25) is 0 Å². The molecular formula is C24H26Br4N4O9. The van der Waals surface area contributed by atoms with Crippen LogP contribution in [-0.4, -0.2) is 95.4 Å². The number of amides is 2. The summed E-state index contributed by atoms with van der Waals surface area (Å²) >= 11 is 13.3. The van der Waals surface area contributed by atoms with E-state index in [0.717, 1.165) is 0 Å². The van der Waals surface area contributed by atoms with E-state index in [9.17, 15) is 24.9 Å². The van der Waals surface area contributed by atoms with Crippen molar-refractivity contribution in [2.24, 2.45) is 10.3 Å². The summed E-state index contributed by atoms with van der Waals surface area (Å²) in [6.45, 7) is -0.0254. The summed E-state index contributed by atoms with van der Waals surface area (Å²) in [7, 11) is 2.92. The average Bonchev–Trinajstić information content (AvgIpc) is 3.56. The lowest BCUT2D eigenvalue weighted by molar-refractivity contribution is -0.116. The molecule has 17 heteroatoms. The molecule has 2 aliphatic carbocycles. The molecule has 0 aromatic rings. The molecular weight excluding hydrogens is 808 g/mol. The van der Waals surface area contributed by atoms with E-state index in [1.54, 1.807) is 12.2 Å². The Morgan fingerprint density at radius 1 is 0.927 bits per heavy atom. The van der Waals surface area contributed by atoms with E-state index in [4.69, 9.17) is 19.1 Å². The number of carbonyl (C=O) groups excluding carboxylic acids is 2. The van der Waals surface area contributed by atoms with Crippen LogP contribution >= 0.6 is 63.7 Å². The molecule has 2 aliphatic heterocycles. The first-order valence-electron chi connectivity index (χ1n) is 12.1. The van der Waals surface area contributed by atoms with E-state index in [1.807, 2.05) is 0 Å². The summed E-state index contributed by atoms with van der Waals surface area (Å²) in [5.74, 6) is -0.282. The fourth-order valence-electron chi connectivity index (χ4n) is 4.51. The summed E-state index contributed by atoms with van der Waals surface area (Å²) in [4.78, 5) is 36.2. The maximum atomic E-state index is 12.6. The van der Waals surface area contributed by atoms with Crippen LogP contribution in [0, 0.1) is 0 Å². The molecule has 0 aromatic heterocycles. The van der Waals surface area contributed by atoms with Crippen LogP contribution in [0.15, 0.2) is 51.9 Å². The molecule has 4 rings (SSSR count). The zero-order chi connectivity index (χ0) is 30.1. The van der Waals surface area contributed by atoms with Crippen LogP contribution < -0.4 is 10.6 Å². The topological polar surface area (TPSA) is 181 Å². The van der Waals surface area contributed by atoms with E-state index in [-0.39, 0.29) is 43.8 Å². The number of hydrogen-bond acceptors (Lipinski definition) is 11. The standard InChI is InChI=1S/C24H26Br4N4O9/c1-38-17-11(25)5-23(19(34)15(17)27)7-13(31-40-23)21(36)29-4-3-10(33)9-30-22(37)14-8-24(41-32-14)6-12(26)18(39-2)16(28)20(24)35/h5-6,10,19-20,33-35H,3-4,7-9H2,1-2H3,(H,29,36)(H,30,37)/t10-,19+,20+,23-,24-/m1/s1. The molecule has 0 fully saturated rings. The van der Waals surface area contributed by atoms with Crippen molar-refractivity contribution in [3.8, 4) is 0 Å². The average molecular weight is 834 g/mol. The monoisotopic (exact) mass is 830 g/mol. The smallest absolute Gasteiger partial charge is 0.269 e. The molecule has 5 N–H and O–H groups in total. The van der Waals surface area contributed by atoms with E-state index in [1.165, 1.54) is 14.2 Å². The highest BCUT2D eigenvalue weighted by Gasteiger charge is 2.51. The minimum Gasteiger partial charge on any atom is -0.495 e. The highest BCUT2D eigenvalue weighted by atomic mass is 79.9. The Labute approximate surface area is 268 Å². The first kappa shape index (κ1) is 32.2. The van der Waals surface area contributed by atoms with Crippen molar-refractivity contribution in [1.82, 2.24) is 10.6 Å². The number of nitrogens with zero attached hydrogens (tertiary/aromatic N) is 2. The third-order valence-corrected chi connectivity index (χ3v) is 9.51. The van der Waals surface area contributed by atoms with Gasteiger partial charge in [-0.3, -0.25) is 9.59 Å². The van der Waals surface area contributed by atoms with Gasteiger partial charge < -0.3 is 45.1 Å². The van der Waals surface area contributed by atoms with Crippen molar-refractivity contribution in [1.29, 1.82) is 0 Å². The number of nitrogens with one attached hydrogen (secondary N) is 2. The second-order valence-corrected chi connectivity index (χ2v) is 12.9. The minimum atomic E-state index is -1.29. The molecule has 0 bridgehead atoms. The molecule has 5 atom stereocenters. The molecule has 224 valence electrons. The van der Waals surface area contributed by atoms with Gasteiger partial charge in [-0.15, -0.1) is 0 Å². The van der Waals surface area contributed by atoms with E-state index >= 15 is 0 Å². The predicted molar refractivity (Wildman–Crippen MR) is 160 cm³/mol. The summed E-state index contributed by atoms with van der Waals surface area (Å²) in [5, 5.41) is 44.7. The van der Waals surface area contributed by atoms with Gasteiger partial charge in [0.2, 0.25) is 0 Å². The van der Waals surface area contributed by atoms with Crippen LogP contribution in [-0.2, 0) is 28.7 Å². The van der Waals surface area contributed by atoms with E-state index in [2.05, 4.69) is 84.7 Å². The Balaban J connectivity index is 1.21. The summed E-state index contributed by atoms with van der Waals surface area (Å²) in [6.07, 6.45) is 0.00499. The number of halogens is 4. The van der Waals surface area contributed by atoms with Gasteiger partial charge in [0, 0.05) is 25.9 Å². The second kappa shape index (κ2) is 12.9. The normalized spacial score (nSPS) is 29.8. The Hall–Kier alpha value is -1.76. The third kappa shape index (κ3) is 6.31. The van der Waals surface area contributed by atoms with Gasteiger partial charge in [0.25, 0.3) is 11.8 Å². The maximum absolute atomic E-state index is 12.6. The largest absolute Gasteiger partial charge is 0.495 e. The molecule has 0 radical (unpaired) electrons. The van der Waals surface area contributed by atoms with E-state index in [0.29, 0.717) is 29.4 Å². The number of aliphatic hydroxyl groups excluding tert-OH is 3. The molecule has 2 spiro atoms. The lowest BCUT2D eigenvalue weighted by Crippen LogP contribution is -2.45. The zero-order valence-electron chi connectivity index (χ0n) is 21.6. The Morgan fingerprint density at radius 2 is 1.37 bits per heavy atom. The number of oxime groups is 2. The SMILES string of the molecule is COC1=C(Br)[C@H](O)[C@@]2(C=C1Br)CC(C(=O)NCC[C@@H](O)CNC(=O)C1=NO[C@]3(C=C(Br)C(OC)=C(Br)[C@@H]3O)C1)=NO2. The number of hydrogen-bond donors (Lipinski definition) is 5. The van der Waals surface area contributed by atoms with Crippen LogP contribution in [0.1, 0.15) is 19.3 Å². The number of aliphatic hydroxyl groups is 3. The Bertz CT molecular complexity index is 1310. The van der Waals surface area contributed by atoms with Crippen LogP contribution in [0.5, 0.6) is 0 Å². The quantitative estimate of drug-likeness (QED) is 0.232. The molecule has 41 heavy (non-hydrogen) atoms. The van der Waals surface area contributed by atoms with Crippen LogP contribution in [0.3, 0.4) is 0 Å². The number of carbonyl (C=O) groups is 2. The lowest BCUT2D eigenvalue weighted by atomic mass is 9.87.